The Balaban J connectivity index is 1.59. The molecule has 1 aromatic carbocycles. The Morgan fingerprint density at radius 2 is 2.03 bits per heavy atom. The molecule has 0 atom stereocenters. The molecule has 1 aliphatic rings. The Labute approximate surface area is 197 Å². The van der Waals surface area contributed by atoms with E-state index in [9.17, 15) is 13.2 Å². The van der Waals surface area contributed by atoms with Crippen molar-refractivity contribution in [1.82, 2.24) is 24.2 Å². The van der Waals surface area contributed by atoms with E-state index in [-0.39, 0.29) is 17.5 Å². The molecule has 0 amide bonds. The highest BCUT2D eigenvalue weighted by molar-refractivity contribution is 7.99. The first kappa shape index (κ1) is 23.7. The van der Waals surface area contributed by atoms with Gasteiger partial charge in [0, 0.05) is 30.0 Å². The highest BCUT2D eigenvalue weighted by Crippen LogP contribution is 2.36. The van der Waals surface area contributed by atoms with Gasteiger partial charge in [0.2, 0.25) is 10.0 Å². The summed E-state index contributed by atoms with van der Waals surface area (Å²) >= 11 is 1.45. The number of aryl methyl sites for hydroxylation is 3. The molecule has 11 heteroatoms. The van der Waals surface area contributed by atoms with Gasteiger partial charge in [0.15, 0.2) is 27.9 Å². The topological polar surface area (TPSA) is 133 Å². The Morgan fingerprint density at radius 1 is 1.24 bits per heavy atom. The molecule has 0 unspecified atom stereocenters. The van der Waals surface area contributed by atoms with Crippen LogP contribution in [0.25, 0.3) is 11.2 Å². The fraction of sp³-hybridized carbons (Fsp3) is 0.455. The molecule has 0 radical (unpaired) electrons. The van der Waals surface area contributed by atoms with Gasteiger partial charge in [-0.05, 0) is 42.9 Å². The van der Waals surface area contributed by atoms with Crippen molar-refractivity contribution in [2.75, 3.05) is 18.0 Å². The molecule has 2 heterocycles. The maximum Gasteiger partial charge on any atom is 0.211 e. The first-order chi connectivity index (χ1) is 15.6. The van der Waals surface area contributed by atoms with Crippen LogP contribution < -0.4 is 10.5 Å². The number of carbonyl (C=O) groups excluding carboxylic acids is 1. The minimum Gasteiger partial charge on any atom is -0.382 e. The lowest BCUT2D eigenvalue weighted by Crippen LogP contribution is -2.29. The molecule has 2 aromatic heterocycles. The molecule has 0 saturated carbocycles. The smallest absolute Gasteiger partial charge is 0.211 e. The van der Waals surface area contributed by atoms with E-state index in [4.69, 9.17) is 5.73 Å². The van der Waals surface area contributed by atoms with Crippen molar-refractivity contribution in [1.29, 1.82) is 0 Å². The molecular formula is C22H28N6O3S2. The number of anilines is 1. The van der Waals surface area contributed by atoms with Gasteiger partial charge < -0.3 is 10.3 Å². The minimum absolute atomic E-state index is 0.0604. The van der Waals surface area contributed by atoms with Crippen molar-refractivity contribution in [3.05, 3.63) is 35.2 Å². The van der Waals surface area contributed by atoms with Crippen molar-refractivity contribution >= 4 is 44.6 Å². The number of imidazole rings is 1. The number of benzene rings is 1. The summed E-state index contributed by atoms with van der Waals surface area (Å²) in [6.07, 6.45) is 3.30. The number of ketones is 1. The number of hydrogen-bond acceptors (Lipinski definition) is 8. The summed E-state index contributed by atoms with van der Waals surface area (Å²) in [5, 5.41) is 0.677. The molecule has 0 bridgehead atoms. The molecule has 33 heavy (non-hydrogen) atoms. The number of nitrogens with one attached hydrogen (secondary N) is 1. The maximum atomic E-state index is 12.2. The van der Waals surface area contributed by atoms with Crippen molar-refractivity contribution < 1.29 is 13.2 Å². The molecule has 0 spiro atoms. The summed E-state index contributed by atoms with van der Waals surface area (Å²) in [6.45, 7) is 6.59. The second-order valence-corrected chi connectivity index (χ2v) is 11.6. The van der Waals surface area contributed by atoms with Gasteiger partial charge in [-0.15, -0.1) is 0 Å². The van der Waals surface area contributed by atoms with E-state index >= 15 is 0 Å². The van der Waals surface area contributed by atoms with E-state index in [1.165, 1.54) is 18.1 Å². The summed E-state index contributed by atoms with van der Waals surface area (Å²) in [5.74, 6) is 0.621. The quantitative estimate of drug-likeness (QED) is 0.439. The van der Waals surface area contributed by atoms with E-state index < -0.39 is 10.0 Å². The fourth-order valence-corrected chi connectivity index (χ4v) is 6.45. The normalized spacial score (nSPS) is 13.9. The monoisotopic (exact) mass is 488 g/mol. The zero-order valence-electron chi connectivity index (χ0n) is 19.0. The molecule has 1 aliphatic carbocycles. The number of sulfonamides is 1. The average molecular weight is 489 g/mol. The number of carbonyl (C=O) groups is 1. The van der Waals surface area contributed by atoms with Crippen molar-refractivity contribution in [2.45, 2.75) is 56.6 Å². The van der Waals surface area contributed by atoms with Gasteiger partial charge in [0.05, 0.1) is 5.75 Å². The van der Waals surface area contributed by atoms with Crippen LogP contribution in [0.5, 0.6) is 0 Å². The summed E-state index contributed by atoms with van der Waals surface area (Å²) < 4.78 is 28.8. The van der Waals surface area contributed by atoms with Crippen molar-refractivity contribution in [3.8, 4) is 0 Å². The lowest BCUT2D eigenvalue weighted by atomic mass is 10.1. The fourth-order valence-electron chi connectivity index (χ4n) is 3.98. The van der Waals surface area contributed by atoms with Crippen LogP contribution >= 0.6 is 11.8 Å². The Morgan fingerprint density at radius 3 is 2.79 bits per heavy atom. The molecule has 0 aliphatic heterocycles. The van der Waals surface area contributed by atoms with Gasteiger partial charge in [0.25, 0.3) is 0 Å². The molecule has 4 rings (SSSR count). The number of nitrogen functional groups attached to an aromatic ring is 1. The average Bonchev–Trinajstić information content (AvgIpc) is 3.26. The predicted molar refractivity (Wildman–Crippen MR) is 129 cm³/mol. The zero-order valence-corrected chi connectivity index (χ0v) is 20.6. The molecule has 0 fully saturated rings. The van der Waals surface area contributed by atoms with E-state index in [0.29, 0.717) is 48.1 Å². The molecule has 9 nitrogen and oxygen atoms in total. The maximum absolute atomic E-state index is 12.2. The van der Waals surface area contributed by atoms with Crippen LogP contribution in [0.1, 0.15) is 48.2 Å². The second-order valence-electron chi connectivity index (χ2n) is 8.70. The Kier molecular flexibility index (Phi) is 6.73. The number of nitrogens with two attached hydrogens (primary N) is 1. The van der Waals surface area contributed by atoms with Gasteiger partial charge >= 0.3 is 0 Å². The molecule has 3 N–H and O–H groups in total. The highest BCUT2D eigenvalue weighted by atomic mass is 32.2. The summed E-state index contributed by atoms with van der Waals surface area (Å²) in [4.78, 5) is 26.3. The van der Waals surface area contributed by atoms with Crippen LogP contribution in [-0.2, 0) is 23.0 Å². The van der Waals surface area contributed by atoms with Gasteiger partial charge in [-0.1, -0.05) is 31.7 Å². The number of Topliss-reactive ketones (excluding diaryl/α,β-unsaturated/α-hetero) is 1. The standard InChI is InChI=1S/C22H28N6O3S2/c1-13(2)11-33(30,31)26-7-4-8-28-21-19(20(23)24-12-25-21)27-22(28)32-18-10-16-15(9-14(18)3)5-6-17(16)29/h9-10,12-13,26H,4-8,11H2,1-3H3,(H2,23,24,25). The van der Waals surface area contributed by atoms with Gasteiger partial charge in [-0.25, -0.2) is 28.1 Å². The first-order valence-electron chi connectivity index (χ1n) is 10.9. The molecule has 3 aromatic rings. The Bertz CT molecular complexity index is 1320. The van der Waals surface area contributed by atoms with Crippen LogP contribution in [0, 0.1) is 12.8 Å². The van der Waals surface area contributed by atoms with Gasteiger partial charge in [0.1, 0.15) is 6.33 Å². The number of rotatable bonds is 9. The van der Waals surface area contributed by atoms with Crippen LogP contribution in [0.2, 0.25) is 0 Å². The Hall–Kier alpha value is -2.50. The van der Waals surface area contributed by atoms with Gasteiger partial charge in [-0.2, -0.15) is 0 Å². The van der Waals surface area contributed by atoms with E-state index in [0.717, 1.165) is 28.0 Å². The van der Waals surface area contributed by atoms with Crippen LogP contribution in [0.15, 0.2) is 28.5 Å². The number of aromatic nitrogens is 4. The largest absolute Gasteiger partial charge is 0.382 e. The van der Waals surface area contributed by atoms with E-state index in [1.54, 1.807) is 0 Å². The lowest BCUT2D eigenvalue weighted by Gasteiger charge is -2.12. The van der Waals surface area contributed by atoms with Crippen LogP contribution in [0.4, 0.5) is 5.82 Å². The van der Waals surface area contributed by atoms with E-state index in [1.807, 2.05) is 31.4 Å². The van der Waals surface area contributed by atoms with Crippen molar-refractivity contribution in [2.24, 2.45) is 5.92 Å². The summed E-state index contributed by atoms with van der Waals surface area (Å²) in [5.41, 5.74) is 10.1. The van der Waals surface area contributed by atoms with Crippen molar-refractivity contribution in [3.63, 3.8) is 0 Å². The summed E-state index contributed by atoms with van der Waals surface area (Å²) in [7, 11) is -3.30. The van der Waals surface area contributed by atoms with Crippen LogP contribution in [-0.4, -0.2) is 46.0 Å². The second kappa shape index (κ2) is 9.40. The SMILES string of the molecule is Cc1cc2c(cc1Sc1nc3c(N)ncnc3n1CCCNS(=O)(=O)CC(C)C)C(=O)CC2. The summed E-state index contributed by atoms with van der Waals surface area (Å²) in [6, 6.07) is 4.02. The lowest BCUT2D eigenvalue weighted by molar-refractivity contribution is 0.0994. The van der Waals surface area contributed by atoms with E-state index in [2.05, 4.69) is 25.7 Å². The van der Waals surface area contributed by atoms with Gasteiger partial charge in [-0.3, -0.25) is 4.79 Å². The predicted octanol–water partition coefficient (Wildman–Crippen LogP) is 2.96. The first-order valence-corrected chi connectivity index (χ1v) is 13.4. The minimum atomic E-state index is -3.30. The highest BCUT2D eigenvalue weighted by Gasteiger charge is 2.23. The van der Waals surface area contributed by atoms with Crippen LogP contribution in [0.3, 0.4) is 0 Å². The molecule has 0 saturated heterocycles. The third-order valence-corrected chi connectivity index (χ3v) is 8.39. The molecule has 176 valence electrons. The number of fused-ring (bicyclic) bond motifs is 2. The number of hydrogen-bond donors (Lipinski definition) is 2. The molecular weight excluding hydrogens is 460 g/mol. The zero-order chi connectivity index (χ0) is 23.8. The third-order valence-electron chi connectivity index (χ3n) is 5.48. The third kappa shape index (κ3) is 5.20. The number of nitrogens with zero attached hydrogens (tertiary/aromatic N) is 4.